The van der Waals surface area contributed by atoms with E-state index in [0.717, 1.165) is 13.0 Å². The van der Waals surface area contributed by atoms with E-state index in [0.29, 0.717) is 66.0 Å². The van der Waals surface area contributed by atoms with Crippen LogP contribution in [0.2, 0.25) is 0 Å². The molecule has 0 aromatic carbocycles. The summed E-state index contributed by atoms with van der Waals surface area (Å²) in [5, 5.41) is 10.9. The van der Waals surface area contributed by atoms with Gasteiger partial charge in [0.05, 0.1) is 59.5 Å². The standard InChI is InChI=1S/C20H38INO9/c21-5-3-1-2-4-7-26-9-11-28-13-15-30-16-14-29-12-10-27-8-6-22-19(23)17-31-18-20(24)25/h1-18H2,(H,22,23)(H,24,25). The number of hydrogen-bond donors (Lipinski definition) is 2. The maximum atomic E-state index is 11.3. The Morgan fingerprint density at radius 2 is 1.10 bits per heavy atom. The highest BCUT2D eigenvalue weighted by atomic mass is 127. The molecule has 0 spiro atoms. The van der Waals surface area contributed by atoms with E-state index in [4.69, 9.17) is 28.8 Å². The average Bonchev–Trinajstić information content (AvgIpc) is 2.74. The Bertz CT molecular complexity index is 416. The topological polar surface area (TPSA) is 122 Å². The number of amides is 1. The summed E-state index contributed by atoms with van der Waals surface area (Å²) in [4.78, 5) is 21.5. The molecule has 31 heavy (non-hydrogen) atoms. The maximum absolute atomic E-state index is 11.3. The minimum atomic E-state index is -1.11. The third-order valence-corrected chi connectivity index (χ3v) is 4.45. The van der Waals surface area contributed by atoms with E-state index in [1.54, 1.807) is 0 Å². The lowest BCUT2D eigenvalue weighted by atomic mass is 10.2. The molecule has 0 radical (unpaired) electrons. The van der Waals surface area contributed by atoms with Crippen molar-refractivity contribution >= 4 is 34.5 Å². The molecule has 10 nitrogen and oxygen atoms in total. The zero-order valence-electron chi connectivity index (χ0n) is 18.3. The van der Waals surface area contributed by atoms with Crippen molar-refractivity contribution in [1.82, 2.24) is 5.32 Å². The normalized spacial score (nSPS) is 11.0. The Balaban J connectivity index is 3.09. The van der Waals surface area contributed by atoms with Crippen LogP contribution in [-0.2, 0) is 38.0 Å². The number of halogens is 1. The van der Waals surface area contributed by atoms with Crippen molar-refractivity contribution in [1.29, 1.82) is 0 Å². The number of carboxylic acids is 1. The molecule has 2 N–H and O–H groups in total. The van der Waals surface area contributed by atoms with E-state index in [9.17, 15) is 9.59 Å². The summed E-state index contributed by atoms with van der Waals surface area (Å²) in [5.74, 6) is -1.49. The number of rotatable bonds is 25. The lowest BCUT2D eigenvalue weighted by Gasteiger charge is -2.08. The highest BCUT2D eigenvalue weighted by molar-refractivity contribution is 14.1. The Morgan fingerprint density at radius 1 is 0.613 bits per heavy atom. The molecule has 0 aliphatic carbocycles. The number of aliphatic carboxylic acids is 1. The summed E-state index contributed by atoms with van der Waals surface area (Å²) < 4.78 is 32.9. The van der Waals surface area contributed by atoms with Gasteiger partial charge in [-0.05, 0) is 17.3 Å². The molecule has 0 unspecified atom stereocenters. The van der Waals surface area contributed by atoms with E-state index in [1.165, 1.54) is 23.7 Å². The van der Waals surface area contributed by atoms with Crippen molar-refractivity contribution in [2.75, 3.05) is 90.3 Å². The Kier molecular flexibility index (Phi) is 25.2. The first-order valence-electron chi connectivity index (χ1n) is 10.7. The van der Waals surface area contributed by atoms with E-state index in [2.05, 4.69) is 32.6 Å². The van der Waals surface area contributed by atoms with Gasteiger partial charge in [-0.2, -0.15) is 0 Å². The third kappa shape index (κ3) is 27.4. The molecule has 0 heterocycles. The summed E-state index contributed by atoms with van der Waals surface area (Å²) in [6.07, 6.45) is 4.93. The van der Waals surface area contributed by atoms with Crippen LogP contribution in [0.1, 0.15) is 25.7 Å². The summed E-state index contributed by atoms with van der Waals surface area (Å²) in [5.41, 5.74) is 0. The molecule has 1 amide bonds. The van der Waals surface area contributed by atoms with Gasteiger partial charge >= 0.3 is 5.97 Å². The monoisotopic (exact) mass is 563 g/mol. The highest BCUT2D eigenvalue weighted by Crippen LogP contribution is 2.02. The second-order valence-corrected chi connectivity index (χ2v) is 7.48. The van der Waals surface area contributed by atoms with E-state index in [1.807, 2.05) is 0 Å². The van der Waals surface area contributed by atoms with Gasteiger partial charge in [0.25, 0.3) is 0 Å². The van der Waals surface area contributed by atoms with Gasteiger partial charge in [0.1, 0.15) is 13.2 Å². The summed E-state index contributed by atoms with van der Waals surface area (Å²) >= 11 is 2.40. The van der Waals surface area contributed by atoms with Crippen molar-refractivity contribution in [2.45, 2.75) is 25.7 Å². The number of ether oxygens (including phenoxy) is 6. The van der Waals surface area contributed by atoms with Gasteiger partial charge < -0.3 is 38.8 Å². The maximum Gasteiger partial charge on any atom is 0.329 e. The van der Waals surface area contributed by atoms with Crippen molar-refractivity contribution in [3.63, 3.8) is 0 Å². The molecule has 0 aromatic rings. The number of unbranched alkanes of at least 4 members (excludes halogenated alkanes) is 3. The van der Waals surface area contributed by atoms with Gasteiger partial charge in [-0.15, -0.1) is 0 Å². The molecule has 184 valence electrons. The predicted molar refractivity (Wildman–Crippen MR) is 123 cm³/mol. The fraction of sp³-hybridized carbons (Fsp3) is 0.900. The third-order valence-electron chi connectivity index (χ3n) is 3.69. The van der Waals surface area contributed by atoms with E-state index < -0.39 is 12.6 Å². The van der Waals surface area contributed by atoms with Crippen LogP contribution in [0.25, 0.3) is 0 Å². The number of carbonyl (C=O) groups is 2. The lowest BCUT2D eigenvalue weighted by molar-refractivity contribution is -0.143. The first-order valence-corrected chi connectivity index (χ1v) is 12.2. The zero-order valence-corrected chi connectivity index (χ0v) is 20.5. The summed E-state index contributed by atoms with van der Waals surface area (Å²) in [6.45, 7) is 4.76. The number of carbonyl (C=O) groups excluding carboxylic acids is 1. The lowest BCUT2D eigenvalue weighted by Crippen LogP contribution is -2.31. The highest BCUT2D eigenvalue weighted by Gasteiger charge is 2.03. The van der Waals surface area contributed by atoms with Gasteiger partial charge in [0, 0.05) is 13.2 Å². The van der Waals surface area contributed by atoms with Gasteiger partial charge in [-0.3, -0.25) is 4.79 Å². The molecule has 0 aliphatic rings. The largest absolute Gasteiger partial charge is 0.480 e. The quantitative estimate of drug-likeness (QED) is 0.0962. The van der Waals surface area contributed by atoms with Gasteiger partial charge in [-0.25, -0.2) is 4.79 Å². The summed E-state index contributed by atoms with van der Waals surface area (Å²) in [6, 6.07) is 0. The molecule has 0 aromatic heterocycles. The molecule has 0 saturated carbocycles. The van der Waals surface area contributed by atoms with Crippen molar-refractivity contribution in [3.05, 3.63) is 0 Å². The second-order valence-electron chi connectivity index (χ2n) is 6.40. The molecule has 0 atom stereocenters. The van der Waals surface area contributed by atoms with Crippen LogP contribution in [0.4, 0.5) is 0 Å². The van der Waals surface area contributed by atoms with Crippen LogP contribution in [0.5, 0.6) is 0 Å². The molecule has 0 bridgehead atoms. The smallest absolute Gasteiger partial charge is 0.329 e. The fourth-order valence-corrected chi connectivity index (χ4v) is 2.72. The summed E-state index contributed by atoms with van der Waals surface area (Å²) in [7, 11) is 0. The van der Waals surface area contributed by atoms with E-state index in [-0.39, 0.29) is 12.5 Å². The average molecular weight is 563 g/mol. The number of carboxylic acid groups (broad SMARTS) is 1. The van der Waals surface area contributed by atoms with Crippen molar-refractivity contribution < 1.29 is 43.1 Å². The first-order chi connectivity index (χ1) is 15.2. The van der Waals surface area contributed by atoms with Crippen LogP contribution in [0.15, 0.2) is 0 Å². The minimum Gasteiger partial charge on any atom is -0.480 e. The van der Waals surface area contributed by atoms with Crippen molar-refractivity contribution in [3.8, 4) is 0 Å². The van der Waals surface area contributed by atoms with Gasteiger partial charge in [-0.1, -0.05) is 35.4 Å². The number of nitrogens with one attached hydrogen (secondary N) is 1. The van der Waals surface area contributed by atoms with Crippen molar-refractivity contribution in [2.24, 2.45) is 0 Å². The first kappa shape index (κ1) is 30.4. The molecule has 0 fully saturated rings. The van der Waals surface area contributed by atoms with Crippen LogP contribution >= 0.6 is 22.6 Å². The molecule has 0 aliphatic heterocycles. The minimum absolute atomic E-state index is 0.284. The van der Waals surface area contributed by atoms with E-state index >= 15 is 0 Å². The van der Waals surface area contributed by atoms with Gasteiger partial charge in [0.2, 0.25) is 5.91 Å². The predicted octanol–water partition coefficient (Wildman–Crippen LogP) is 1.28. The molecule has 0 saturated heterocycles. The Hall–Kier alpha value is -0.570. The van der Waals surface area contributed by atoms with Crippen LogP contribution in [0.3, 0.4) is 0 Å². The van der Waals surface area contributed by atoms with Crippen LogP contribution < -0.4 is 5.32 Å². The van der Waals surface area contributed by atoms with Crippen LogP contribution in [-0.4, -0.2) is 107 Å². The Morgan fingerprint density at radius 3 is 1.61 bits per heavy atom. The molecule has 11 heteroatoms. The SMILES string of the molecule is O=C(O)COCC(=O)NCCOCCOCCOCCOCCOCCCCCCI. The molecular weight excluding hydrogens is 525 g/mol. The van der Waals surface area contributed by atoms with Crippen LogP contribution in [0, 0.1) is 0 Å². The molecular formula is C20H38INO9. The van der Waals surface area contributed by atoms with Gasteiger partial charge in [0.15, 0.2) is 0 Å². The molecule has 0 rings (SSSR count). The number of hydrogen-bond acceptors (Lipinski definition) is 8. The second kappa shape index (κ2) is 25.7. The zero-order chi connectivity index (χ0) is 22.8. The fourth-order valence-electron chi connectivity index (χ4n) is 2.18. The Labute approximate surface area is 198 Å². The number of alkyl halides is 1.